The second kappa shape index (κ2) is 54.2. The van der Waals surface area contributed by atoms with Gasteiger partial charge in [0.15, 0.2) is 6.10 Å². The van der Waals surface area contributed by atoms with E-state index in [1.54, 1.807) is 0 Å². The van der Waals surface area contributed by atoms with Crippen LogP contribution < -0.4 is 0 Å². The van der Waals surface area contributed by atoms with E-state index in [1.807, 2.05) is 12.2 Å². The molecule has 0 aliphatic heterocycles. The molecule has 0 aliphatic rings. The van der Waals surface area contributed by atoms with Crippen molar-refractivity contribution in [1.82, 2.24) is 0 Å². The summed E-state index contributed by atoms with van der Waals surface area (Å²) in [5, 5.41) is 0. The zero-order valence-electron chi connectivity index (χ0n) is 42.9. The molecule has 1 unspecified atom stereocenters. The molecule has 0 fully saturated rings. The van der Waals surface area contributed by atoms with Crippen LogP contribution in [0.1, 0.15) is 213 Å². The van der Waals surface area contributed by atoms with E-state index in [-0.39, 0.29) is 31.6 Å². The number of esters is 3. The predicted molar refractivity (Wildman–Crippen MR) is 288 cm³/mol. The molecule has 6 heteroatoms. The summed E-state index contributed by atoms with van der Waals surface area (Å²) in [6.45, 7) is 6.27. The third kappa shape index (κ3) is 52.4. The monoisotopic (exact) mass is 925 g/mol. The van der Waals surface area contributed by atoms with Gasteiger partial charge in [0.1, 0.15) is 13.2 Å². The van der Waals surface area contributed by atoms with Crippen molar-refractivity contribution in [2.45, 2.75) is 219 Å². The van der Waals surface area contributed by atoms with Crippen molar-refractivity contribution >= 4 is 17.9 Å². The maximum absolute atomic E-state index is 12.8. The molecule has 0 aliphatic carbocycles. The molecule has 376 valence electrons. The van der Waals surface area contributed by atoms with Crippen LogP contribution in [0.2, 0.25) is 0 Å². The van der Waals surface area contributed by atoms with E-state index in [9.17, 15) is 14.4 Å². The Hall–Kier alpha value is -4.45. The molecule has 0 amide bonds. The number of hydrogen-bond donors (Lipinski definition) is 0. The summed E-state index contributed by atoms with van der Waals surface area (Å²) >= 11 is 0. The highest BCUT2D eigenvalue weighted by atomic mass is 16.6. The molecule has 0 spiro atoms. The van der Waals surface area contributed by atoms with Crippen molar-refractivity contribution < 1.29 is 28.6 Å². The van der Waals surface area contributed by atoms with Crippen LogP contribution in [-0.2, 0) is 28.6 Å². The first-order chi connectivity index (χ1) is 33.0. The van der Waals surface area contributed by atoms with E-state index in [2.05, 4.69) is 142 Å². The minimum atomic E-state index is -0.836. The van der Waals surface area contributed by atoms with Crippen molar-refractivity contribution in [3.05, 3.63) is 134 Å². The summed E-state index contributed by atoms with van der Waals surface area (Å²) in [6.07, 6.45) is 75.9. The van der Waals surface area contributed by atoms with Crippen LogP contribution in [0.3, 0.4) is 0 Å². The Bertz CT molecular complexity index is 1480. The average molecular weight is 925 g/mol. The first-order valence-electron chi connectivity index (χ1n) is 26.8. The number of hydrogen-bond acceptors (Lipinski definition) is 6. The van der Waals surface area contributed by atoms with Gasteiger partial charge in [0.2, 0.25) is 0 Å². The van der Waals surface area contributed by atoms with E-state index in [0.29, 0.717) is 19.3 Å². The van der Waals surface area contributed by atoms with Gasteiger partial charge < -0.3 is 14.2 Å². The summed E-state index contributed by atoms with van der Waals surface area (Å²) in [6, 6.07) is 0. The van der Waals surface area contributed by atoms with Crippen LogP contribution in [0.25, 0.3) is 0 Å². The molecule has 0 rings (SSSR count). The van der Waals surface area contributed by atoms with Crippen molar-refractivity contribution in [1.29, 1.82) is 0 Å². The number of carbonyl (C=O) groups excluding carboxylic acids is 3. The van der Waals surface area contributed by atoms with Gasteiger partial charge in [-0.1, -0.05) is 231 Å². The predicted octanol–water partition coefficient (Wildman–Crippen LogP) is 17.9. The molecule has 0 saturated carbocycles. The minimum Gasteiger partial charge on any atom is -0.462 e. The quantitative estimate of drug-likeness (QED) is 0.0199. The highest BCUT2D eigenvalue weighted by Crippen LogP contribution is 2.13. The van der Waals surface area contributed by atoms with Gasteiger partial charge in [-0.2, -0.15) is 0 Å². The van der Waals surface area contributed by atoms with Crippen LogP contribution in [-0.4, -0.2) is 37.2 Å². The van der Waals surface area contributed by atoms with Gasteiger partial charge in [-0.3, -0.25) is 14.4 Å². The molecular weight excluding hydrogens is 829 g/mol. The zero-order valence-corrected chi connectivity index (χ0v) is 42.9. The molecule has 0 heterocycles. The molecule has 0 N–H and O–H groups in total. The average Bonchev–Trinajstić information content (AvgIpc) is 3.33. The van der Waals surface area contributed by atoms with Crippen molar-refractivity contribution in [3.63, 3.8) is 0 Å². The number of ether oxygens (including phenoxy) is 3. The first kappa shape index (κ1) is 62.5. The van der Waals surface area contributed by atoms with Crippen LogP contribution in [0.15, 0.2) is 134 Å². The van der Waals surface area contributed by atoms with Crippen LogP contribution in [0.5, 0.6) is 0 Å². The minimum absolute atomic E-state index is 0.126. The Morgan fingerprint density at radius 1 is 0.328 bits per heavy atom. The Morgan fingerprint density at radius 2 is 0.687 bits per heavy atom. The van der Waals surface area contributed by atoms with E-state index < -0.39 is 12.1 Å². The van der Waals surface area contributed by atoms with Gasteiger partial charge in [-0.15, -0.1) is 0 Å². The Kier molecular flexibility index (Phi) is 50.6. The van der Waals surface area contributed by atoms with E-state index >= 15 is 0 Å². The summed E-state index contributed by atoms with van der Waals surface area (Å²) in [4.78, 5) is 38.0. The maximum atomic E-state index is 12.8. The van der Waals surface area contributed by atoms with Gasteiger partial charge in [-0.05, 0) is 96.3 Å². The summed E-state index contributed by atoms with van der Waals surface area (Å²) < 4.78 is 16.7. The fourth-order valence-corrected chi connectivity index (χ4v) is 6.79. The smallest absolute Gasteiger partial charge is 0.306 e. The molecular formula is C61H96O6. The molecule has 1 atom stereocenters. The van der Waals surface area contributed by atoms with E-state index in [0.717, 1.165) is 116 Å². The third-order valence-corrected chi connectivity index (χ3v) is 10.8. The summed E-state index contributed by atoms with van der Waals surface area (Å²) in [5.41, 5.74) is 0. The molecule has 0 radical (unpaired) electrons. The van der Waals surface area contributed by atoms with Gasteiger partial charge in [0.25, 0.3) is 0 Å². The van der Waals surface area contributed by atoms with Crippen molar-refractivity contribution in [2.24, 2.45) is 0 Å². The lowest BCUT2D eigenvalue weighted by Crippen LogP contribution is -2.30. The van der Waals surface area contributed by atoms with Gasteiger partial charge in [-0.25, -0.2) is 0 Å². The van der Waals surface area contributed by atoms with Crippen LogP contribution >= 0.6 is 0 Å². The van der Waals surface area contributed by atoms with Gasteiger partial charge in [0.05, 0.1) is 0 Å². The third-order valence-electron chi connectivity index (χ3n) is 10.8. The Balaban J connectivity index is 4.57. The second-order valence-corrected chi connectivity index (χ2v) is 17.1. The lowest BCUT2D eigenvalue weighted by atomic mass is 10.1. The SMILES string of the molecule is CC\C=C/C=C\C=C/CCCCCCCCCC(=O)OCC(COC(=O)CCCCCCC\C=C/C=C\C=C/CCCCCCC)OC(=O)CC/C=C\C/C=C\C/C=C\C/C=C\C/C=C\CC. The number of rotatable bonds is 46. The second-order valence-electron chi connectivity index (χ2n) is 17.1. The molecule has 0 aromatic rings. The maximum Gasteiger partial charge on any atom is 0.306 e. The summed E-state index contributed by atoms with van der Waals surface area (Å²) in [5.74, 6) is -1.05. The van der Waals surface area contributed by atoms with Crippen molar-refractivity contribution in [2.75, 3.05) is 13.2 Å². The highest BCUT2D eigenvalue weighted by molar-refractivity contribution is 5.71. The van der Waals surface area contributed by atoms with Gasteiger partial charge >= 0.3 is 17.9 Å². The fraction of sp³-hybridized carbons (Fsp3) is 0.590. The number of unbranched alkanes of at least 4 members (excludes halogenated alkanes) is 17. The molecule has 0 bridgehead atoms. The molecule has 0 aromatic heterocycles. The Labute approximate surface area is 411 Å². The highest BCUT2D eigenvalue weighted by Gasteiger charge is 2.19. The normalized spacial score (nSPS) is 13.2. The van der Waals surface area contributed by atoms with Crippen LogP contribution in [0, 0.1) is 0 Å². The van der Waals surface area contributed by atoms with E-state index in [1.165, 1.54) is 51.4 Å². The first-order valence-corrected chi connectivity index (χ1v) is 26.8. The number of carbonyl (C=O) groups is 3. The molecule has 0 saturated heterocycles. The molecule has 6 nitrogen and oxygen atoms in total. The molecule has 0 aromatic carbocycles. The lowest BCUT2D eigenvalue weighted by Gasteiger charge is -2.18. The van der Waals surface area contributed by atoms with E-state index in [4.69, 9.17) is 14.2 Å². The van der Waals surface area contributed by atoms with Crippen molar-refractivity contribution in [3.8, 4) is 0 Å². The Morgan fingerprint density at radius 3 is 1.10 bits per heavy atom. The fourth-order valence-electron chi connectivity index (χ4n) is 6.79. The zero-order chi connectivity index (χ0) is 48.6. The number of allylic oxidation sites excluding steroid dienone is 22. The molecule has 67 heavy (non-hydrogen) atoms. The standard InChI is InChI=1S/C61H96O6/c1-4-7-10-13-16-19-22-25-28-30-31-34-36-39-42-45-48-51-54-60(63)66-57-58(56-65-59(62)53-50-47-44-41-38-35-32-27-24-21-18-15-12-9-6-3)67-61(64)55-52-49-46-43-40-37-33-29-26-23-20-17-14-11-8-5-2/h8-9,11-12,15,17-18,20-22,24-26,28-31,34,37,40,46,49,58H,4-7,10,13-14,16,19,23,27,32-33,35-36,38-39,41-45,47-48,50-57H2,1-3H3/b11-8-,12-9-,18-15-,20-17-,24-21-,25-22-,29-26-,30-28-,34-31-,40-37-,49-46-. The van der Waals surface area contributed by atoms with Crippen LogP contribution in [0.4, 0.5) is 0 Å². The van der Waals surface area contributed by atoms with Gasteiger partial charge in [0, 0.05) is 19.3 Å². The lowest BCUT2D eigenvalue weighted by molar-refractivity contribution is -0.166. The topological polar surface area (TPSA) is 78.9 Å². The summed E-state index contributed by atoms with van der Waals surface area (Å²) in [7, 11) is 0. The largest absolute Gasteiger partial charge is 0.462 e.